The standard InChI is InChI=1S/C16H15N5O3/c1-10(14-20-19-13-5-3-4-8-21(13)14)18-15(22)12-7-6-11(9-17-12)16(23)24-2/h3-10H,1-2H3,(H,18,22). The third-order valence-electron chi connectivity index (χ3n) is 3.49. The summed E-state index contributed by atoms with van der Waals surface area (Å²) in [6.45, 7) is 1.81. The molecule has 0 aromatic carbocycles. The first kappa shape index (κ1) is 15.6. The number of pyridine rings is 2. The number of esters is 1. The summed E-state index contributed by atoms with van der Waals surface area (Å²) in [7, 11) is 1.29. The molecule has 0 aliphatic heterocycles. The van der Waals surface area contributed by atoms with Crippen LogP contribution >= 0.6 is 0 Å². The fourth-order valence-electron chi connectivity index (χ4n) is 2.26. The van der Waals surface area contributed by atoms with Crippen molar-refractivity contribution in [3.8, 4) is 0 Å². The number of aromatic nitrogens is 4. The Bertz CT molecular complexity index is 888. The van der Waals surface area contributed by atoms with Crippen molar-refractivity contribution in [2.24, 2.45) is 0 Å². The molecule has 0 bridgehead atoms. The van der Waals surface area contributed by atoms with Crippen LogP contribution in [0.5, 0.6) is 0 Å². The first-order valence-corrected chi connectivity index (χ1v) is 7.25. The number of hydrogen-bond donors (Lipinski definition) is 1. The van der Waals surface area contributed by atoms with Crippen LogP contribution in [0.2, 0.25) is 0 Å². The maximum atomic E-state index is 12.3. The molecule has 1 N–H and O–H groups in total. The molecule has 1 atom stereocenters. The van der Waals surface area contributed by atoms with Gasteiger partial charge in [-0.3, -0.25) is 14.2 Å². The Balaban J connectivity index is 1.75. The van der Waals surface area contributed by atoms with Gasteiger partial charge in [-0.1, -0.05) is 6.07 Å². The fraction of sp³-hybridized carbons (Fsp3) is 0.188. The molecule has 3 rings (SSSR count). The zero-order chi connectivity index (χ0) is 17.1. The first-order chi connectivity index (χ1) is 11.6. The minimum absolute atomic E-state index is 0.198. The molecule has 0 saturated heterocycles. The summed E-state index contributed by atoms with van der Waals surface area (Å²) < 4.78 is 6.40. The van der Waals surface area contributed by atoms with Gasteiger partial charge in [0.15, 0.2) is 11.5 Å². The first-order valence-electron chi connectivity index (χ1n) is 7.25. The fourth-order valence-corrected chi connectivity index (χ4v) is 2.26. The van der Waals surface area contributed by atoms with Crippen LogP contribution in [0.4, 0.5) is 0 Å². The molecule has 1 unspecified atom stereocenters. The Morgan fingerprint density at radius 2 is 2.04 bits per heavy atom. The van der Waals surface area contributed by atoms with E-state index in [-0.39, 0.29) is 23.2 Å². The number of nitrogens with one attached hydrogen (secondary N) is 1. The van der Waals surface area contributed by atoms with E-state index in [4.69, 9.17) is 0 Å². The van der Waals surface area contributed by atoms with Gasteiger partial charge in [0.2, 0.25) is 0 Å². The number of hydrogen-bond acceptors (Lipinski definition) is 6. The molecular weight excluding hydrogens is 310 g/mol. The quantitative estimate of drug-likeness (QED) is 0.728. The van der Waals surface area contributed by atoms with Crippen molar-refractivity contribution in [3.05, 3.63) is 59.8 Å². The van der Waals surface area contributed by atoms with Gasteiger partial charge in [0.05, 0.1) is 18.7 Å². The van der Waals surface area contributed by atoms with Crippen molar-refractivity contribution in [1.29, 1.82) is 0 Å². The molecule has 0 saturated carbocycles. The van der Waals surface area contributed by atoms with Crippen LogP contribution in [0.25, 0.3) is 5.65 Å². The minimum Gasteiger partial charge on any atom is -0.465 e. The lowest BCUT2D eigenvalue weighted by molar-refractivity contribution is 0.0599. The normalized spacial score (nSPS) is 11.9. The Morgan fingerprint density at radius 1 is 1.21 bits per heavy atom. The highest BCUT2D eigenvalue weighted by Gasteiger charge is 2.17. The van der Waals surface area contributed by atoms with Crippen molar-refractivity contribution in [1.82, 2.24) is 24.9 Å². The highest BCUT2D eigenvalue weighted by molar-refractivity contribution is 5.94. The van der Waals surface area contributed by atoms with Gasteiger partial charge in [0, 0.05) is 12.4 Å². The second-order valence-corrected chi connectivity index (χ2v) is 5.11. The van der Waals surface area contributed by atoms with Crippen molar-refractivity contribution in [2.75, 3.05) is 7.11 Å². The van der Waals surface area contributed by atoms with Crippen molar-refractivity contribution >= 4 is 17.5 Å². The van der Waals surface area contributed by atoms with Gasteiger partial charge in [0.1, 0.15) is 5.69 Å². The molecule has 0 fully saturated rings. The summed E-state index contributed by atoms with van der Waals surface area (Å²) in [6.07, 6.45) is 3.13. The summed E-state index contributed by atoms with van der Waals surface area (Å²) >= 11 is 0. The van der Waals surface area contributed by atoms with Gasteiger partial charge >= 0.3 is 5.97 Å². The zero-order valence-electron chi connectivity index (χ0n) is 13.1. The highest BCUT2D eigenvalue weighted by Crippen LogP contribution is 2.12. The summed E-state index contributed by atoms with van der Waals surface area (Å²) in [5.41, 5.74) is 1.18. The van der Waals surface area contributed by atoms with E-state index >= 15 is 0 Å². The molecule has 0 aliphatic carbocycles. The second-order valence-electron chi connectivity index (χ2n) is 5.11. The Hall–Kier alpha value is -3.29. The number of amides is 1. The highest BCUT2D eigenvalue weighted by atomic mass is 16.5. The maximum absolute atomic E-state index is 12.3. The SMILES string of the molecule is COC(=O)c1ccc(C(=O)NC(C)c2nnc3ccccn23)nc1. The topological polar surface area (TPSA) is 98.5 Å². The van der Waals surface area contributed by atoms with Crippen LogP contribution < -0.4 is 5.32 Å². The lowest BCUT2D eigenvalue weighted by atomic mass is 10.2. The van der Waals surface area contributed by atoms with E-state index in [1.165, 1.54) is 25.4 Å². The van der Waals surface area contributed by atoms with Gasteiger partial charge in [-0.15, -0.1) is 10.2 Å². The molecule has 1 amide bonds. The van der Waals surface area contributed by atoms with E-state index < -0.39 is 5.97 Å². The van der Waals surface area contributed by atoms with E-state index in [1.54, 1.807) is 4.40 Å². The van der Waals surface area contributed by atoms with E-state index in [9.17, 15) is 9.59 Å². The zero-order valence-corrected chi connectivity index (χ0v) is 13.1. The lowest BCUT2D eigenvalue weighted by Gasteiger charge is -2.12. The monoisotopic (exact) mass is 325 g/mol. The van der Waals surface area contributed by atoms with Gasteiger partial charge in [-0.25, -0.2) is 4.79 Å². The smallest absolute Gasteiger partial charge is 0.339 e. The Kier molecular flexibility index (Phi) is 4.19. The molecule has 24 heavy (non-hydrogen) atoms. The number of carbonyl (C=O) groups excluding carboxylic acids is 2. The number of fused-ring (bicyclic) bond motifs is 1. The summed E-state index contributed by atoms with van der Waals surface area (Å²) in [5.74, 6) is -0.255. The van der Waals surface area contributed by atoms with Gasteiger partial charge in [-0.2, -0.15) is 0 Å². The van der Waals surface area contributed by atoms with Crippen molar-refractivity contribution < 1.29 is 14.3 Å². The predicted molar refractivity (Wildman–Crippen MR) is 84.4 cm³/mol. The number of ether oxygens (including phenoxy) is 1. The van der Waals surface area contributed by atoms with Gasteiger partial charge < -0.3 is 10.1 Å². The molecule has 0 aliphatic rings. The largest absolute Gasteiger partial charge is 0.465 e. The molecule has 0 spiro atoms. The number of methoxy groups -OCH3 is 1. The molecule has 122 valence electrons. The minimum atomic E-state index is -0.502. The Labute approximate surface area is 137 Å². The van der Waals surface area contributed by atoms with E-state index in [0.29, 0.717) is 11.5 Å². The second kappa shape index (κ2) is 6.45. The Morgan fingerprint density at radius 3 is 2.75 bits per heavy atom. The predicted octanol–water partition coefficient (Wildman–Crippen LogP) is 1.40. The van der Waals surface area contributed by atoms with Crippen LogP contribution in [0.1, 0.15) is 39.6 Å². The van der Waals surface area contributed by atoms with Crippen LogP contribution in [0.3, 0.4) is 0 Å². The van der Waals surface area contributed by atoms with Crippen LogP contribution in [0.15, 0.2) is 42.7 Å². The molecule has 8 heteroatoms. The molecule has 3 aromatic rings. The molecule has 0 radical (unpaired) electrons. The van der Waals surface area contributed by atoms with Crippen LogP contribution in [0, 0.1) is 0 Å². The van der Waals surface area contributed by atoms with Crippen molar-refractivity contribution in [3.63, 3.8) is 0 Å². The maximum Gasteiger partial charge on any atom is 0.339 e. The number of carbonyl (C=O) groups is 2. The third-order valence-corrected chi connectivity index (χ3v) is 3.49. The number of rotatable bonds is 4. The lowest BCUT2D eigenvalue weighted by Crippen LogP contribution is -2.28. The van der Waals surface area contributed by atoms with E-state index in [2.05, 4.69) is 25.2 Å². The average molecular weight is 325 g/mol. The van der Waals surface area contributed by atoms with Gasteiger partial charge in [0.25, 0.3) is 5.91 Å². The number of nitrogens with zero attached hydrogens (tertiary/aromatic N) is 4. The van der Waals surface area contributed by atoms with Gasteiger partial charge in [-0.05, 0) is 31.2 Å². The molecule has 8 nitrogen and oxygen atoms in total. The average Bonchev–Trinajstić information content (AvgIpc) is 3.05. The summed E-state index contributed by atoms with van der Waals surface area (Å²) in [6, 6.07) is 8.15. The summed E-state index contributed by atoms with van der Waals surface area (Å²) in [5, 5.41) is 11.0. The van der Waals surface area contributed by atoms with E-state index in [1.807, 2.05) is 31.3 Å². The van der Waals surface area contributed by atoms with Crippen LogP contribution in [-0.4, -0.2) is 38.6 Å². The van der Waals surface area contributed by atoms with Crippen LogP contribution in [-0.2, 0) is 4.74 Å². The van der Waals surface area contributed by atoms with E-state index in [0.717, 1.165) is 0 Å². The third kappa shape index (κ3) is 2.94. The molecular formula is C16H15N5O3. The van der Waals surface area contributed by atoms with Crippen molar-refractivity contribution in [2.45, 2.75) is 13.0 Å². The molecule has 3 heterocycles. The molecule has 3 aromatic heterocycles. The summed E-state index contributed by atoms with van der Waals surface area (Å²) in [4.78, 5) is 27.6.